The van der Waals surface area contributed by atoms with Crippen molar-refractivity contribution < 1.29 is 14.6 Å². The maximum absolute atomic E-state index is 10.0. The van der Waals surface area contributed by atoms with Gasteiger partial charge < -0.3 is 9.84 Å². The lowest BCUT2D eigenvalue weighted by atomic mass is 10.4. The lowest BCUT2D eigenvalue weighted by molar-refractivity contribution is -0.145. The molecule has 0 aromatic heterocycles. The second kappa shape index (κ2) is 1.96. The summed E-state index contributed by atoms with van der Waals surface area (Å²) in [6.45, 7) is 0.428. The molecule has 0 saturated carbocycles. The Labute approximate surface area is 46.6 Å². The van der Waals surface area contributed by atoms with Crippen molar-refractivity contribution in [1.82, 2.24) is 0 Å². The first-order valence-electron chi connectivity index (χ1n) is 2.32. The van der Waals surface area contributed by atoms with Gasteiger partial charge in [0.15, 0.2) is 6.10 Å². The van der Waals surface area contributed by atoms with Crippen molar-refractivity contribution in [2.45, 2.75) is 6.10 Å². The third-order valence-corrected chi connectivity index (χ3v) is 0.926. The topological polar surface area (TPSA) is 46.5 Å². The van der Waals surface area contributed by atoms with Crippen molar-refractivity contribution in [3.63, 3.8) is 0 Å². The normalized spacial score (nSPS) is 26.2. The summed E-state index contributed by atoms with van der Waals surface area (Å²) in [4.78, 5) is 10.0. The zero-order valence-corrected chi connectivity index (χ0v) is 4.20. The van der Waals surface area contributed by atoms with Gasteiger partial charge in [-0.3, -0.25) is 0 Å². The molecule has 0 bridgehead atoms. The van der Waals surface area contributed by atoms with E-state index in [9.17, 15) is 4.79 Å². The second-order valence-electron chi connectivity index (χ2n) is 1.52. The van der Waals surface area contributed by atoms with E-state index in [1.54, 1.807) is 6.08 Å². The molecule has 44 valence electrons. The monoisotopic (exact) mass is 114 g/mol. The minimum absolute atomic E-state index is 0.428. The fraction of sp³-hybridized carbons (Fsp3) is 0.400. The first kappa shape index (κ1) is 5.31. The molecule has 0 fully saturated rings. The highest BCUT2D eigenvalue weighted by Gasteiger charge is 2.16. The molecule has 0 aromatic carbocycles. The molecule has 1 N–H and O–H groups in total. The molecule has 0 saturated heterocycles. The molecule has 1 heterocycles. The molecule has 0 aliphatic carbocycles. The molecule has 0 spiro atoms. The molecular formula is C5H6O3. The van der Waals surface area contributed by atoms with Crippen LogP contribution in [-0.2, 0) is 9.53 Å². The number of carbonyl (C=O) groups is 1. The van der Waals surface area contributed by atoms with Crippen LogP contribution < -0.4 is 0 Å². The fourth-order valence-corrected chi connectivity index (χ4v) is 0.548. The molecule has 1 aliphatic heterocycles. The number of carboxylic acid groups (broad SMARTS) is 1. The highest BCUT2D eigenvalue weighted by Crippen LogP contribution is 2.01. The lowest BCUT2D eigenvalue weighted by Gasteiger charge is -1.97. The van der Waals surface area contributed by atoms with Gasteiger partial charge in [-0.2, -0.15) is 0 Å². The Hall–Kier alpha value is -0.830. The summed E-state index contributed by atoms with van der Waals surface area (Å²) in [5.74, 6) is -0.918. The molecular weight excluding hydrogens is 108 g/mol. The van der Waals surface area contributed by atoms with E-state index in [4.69, 9.17) is 9.84 Å². The van der Waals surface area contributed by atoms with E-state index >= 15 is 0 Å². The average molecular weight is 114 g/mol. The maximum atomic E-state index is 10.0. The van der Waals surface area contributed by atoms with Crippen LogP contribution in [0.25, 0.3) is 0 Å². The van der Waals surface area contributed by atoms with Gasteiger partial charge in [0.1, 0.15) is 0 Å². The summed E-state index contributed by atoms with van der Waals surface area (Å²) >= 11 is 0. The number of rotatable bonds is 1. The van der Waals surface area contributed by atoms with Gasteiger partial charge in [0.05, 0.1) is 6.61 Å². The van der Waals surface area contributed by atoms with Gasteiger partial charge in [-0.25, -0.2) is 4.79 Å². The van der Waals surface area contributed by atoms with E-state index in [0.29, 0.717) is 6.61 Å². The Bertz CT molecular complexity index is 128. The smallest absolute Gasteiger partial charge is 0.336 e. The van der Waals surface area contributed by atoms with Gasteiger partial charge in [0.25, 0.3) is 0 Å². The summed E-state index contributed by atoms with van der Waals surface area (Å²) in [5.41, 5.74) is 0. The average Bonchev–Trinajstić information content (AvgIpc) is 2.12. The van der Waals surface area contributed by atoms with Crippen molar-refractivity contribution in [1.29, 1.82) is 0 Å². The van der Waals surface area contributed by atoms with E-state index < -0.39 is 12.1 Å². The van der Waals surface area contributed by atoms with Crippen LogP contribution in [0.15, 0.2) is 12.2 Å². The summed E-state index contributed by atoms with van der Waals surface area (Å²) in [6, 6.07) is 0. The minimum atomic E-state index is -0.918. The maximum Gasteiger partial charge on any atom is 0.336 e. The van der Waals surface area contributed by atoms with E-state index in [-0.39, 0.29) is 0 Å². The number of carboxylic acids is 1. The molecule has 0 amide bonds. The van der Waals surface area contributed by atoms with Crippen LogP contribution in [0.5, 0.6) is 0 Å². The van der Waals surface area contributed by atoms with Gasteiger partial charge in [-0.15, -0.1) is 0 Å². The third-order valence-electron chi connectivity index (χ3n) is 0.926. The van der Waals surface area contributed by atoms with Gasteiger partial charge in [0, 0.05) is 0 Å². The van der Waals surface area contributed by atoms with E-state index in [1.807, 2.05) is 0 Å². The van der Waals surface area contributed by atoms with Crippen molar-refractivity contribution in [3.8, 4) is 0 Å². The van der Waals surface area contributed by atoms with Gasteiger partial charge in [-0.05, 0) is 6.08 Å². The Morgan fingerprint density at radius 2 is 2.62 bits per heavy atom. The van der Waals surface area contributed by atoms with Crippen molar-refractivity contribution in [3.05, 3.63) is 12.2 Å². The largest absolute Gasteiger partial charge is 0.479 e. The summed E-state index contributed by atoms with van der Waals surface area (Å²) in [7, 11) is 0. The zero-order valence-electron chi connectivity index (χ0n) is 4.20. The number of hydrogen-bond donors (Lipinski definition) is 1. The van der Waals surface area contributed by atoms with E-state index in [1.165, 1.54) is 6.08 Å². The second-order valence-corrected chi connectivity index (χ2v) is 1.52. The Kier molecular flexibility index (Phi) is 1.30. The van der Waals surface area contributed by atoms with Gasteiger partial charge >= 0.3 is 5.97 Å². The van der Waals surface area contributed by atoms with Crippen LogP contribution in [0.1, 0.15) is 0 Å². The highest BCUT2D eigenvalue weighted by atomic mass is 16.5. The predicted molar refractivity (Wildman–Crippen MR) is 26.5 cm³/mol. The predicted octanol–water partition coefficient (Wildman–Crippen LogP) is 0.0260. The molecule has 1 atom stereocenters. The molecule has 0 radical (unpaired) electrons. The van der Waals surface area contributed by atoms with Gasteiger partial charge in [-0.1, -0.05) is 6.08 Å². The SMILES string of the molecule is O=C(O)[C@H]1C=CCO1. The minimum Gasteiger partial charge on any atom is -0.479 e. The Morgan fingerprint density at radius 1 is 1.88 bits per heavy atom. The van der Waals surface area contributed by atoms with Crippen LogP contribution in [-0.4, -0.2) is 23.8 Å². The van der Waals surface area contributed by atoms with Crippen LogP contribution in [0.3, 0.4) is 0 Å². The van der Waals surface area contributed by atoms with Crippen molar-refractivity contribution in [2.24, 2.45) is 0 Å². The number of ether oxygens (including phenoxy) is 1. The van der Waals surface area contributed by atoms with Crippen LogP contribution in [0.4, 0.5) is 0 Å². The summed E-state index contributed by atoms with van der Waals surface area (Å²) in [6.07, 6.45) is 2.52. The fourth-order valence-electron chi connectivity index (χ4n) is 0.548. The zero-order chi connectivity index (χ0) is 5.98. The Morgan fingerprint density at radius 3 is 2.88 bits per heavy atom. The first-order chi connectivity index (χ1) is 3.80. The quantitative estimate of drug-likeness (QED) is 0.489. The lowest BCUT2D eigenvalue weighted by Crippen LogP contribution is -2.17. The first-order valence-corrected chi connectivity index (χ1v) is 2.32. The molecule has 3 nitrogen and oxygen atoms in total. The van der Waals surface area contributed by atoms with Gasteiger partial charge in [0.2, 0.25) is 0 Å². The van der Waals surface area contributed by atoms with Crippen LogP contribution >= 0.6 is 0 Å². The third kappa shape index (κ3) is 0.869. The molecule has 8 heavy (non-hydrogen) atoms. The molecule has 1 aliphatic rings. The van der Waals surface area contributed by atoms with Crippen molar-refractivity contribution in [2.75, 3.05) is 6.61 Å². The van der Waals surface area contributed by atoms with Crippen LogP contribution in [0.2, 0.25) is 0 Å². The number of aliphatic carboxylic acids is 1. The Balaban J connectivity index is 2.48. The molecule has 1 rings (SSSR count). The molecule has 0 aromatic rings. The summed E-state index contributed by atoms with van der Waals surface area (Å²) < 4.78 is 4.70. The standard InChI is InChI=1S/C5H6O3/c6-5(7)4-2-1-3-8-4/h1-2,4H,3H2,(H,6,7)/t4-/m1/s1. The molecule has 3 heteroatoms. The van der Waals surface area contributed by atoms with E-state index in [0.717, 1.165) is 0 Å². The number of hydrogen-bond acceptors (Lipinski definition) is 2. The van der Waals surface area contributed by atoms with E-state index in [2.05, 4.69) is 0 Å². The summed E-state index contributed by atoms with van der Waals surface area (Å²) in [5, 5.41) is 8.24. The van der Waals surface area contributed by atoms with Crippen LogP contribution in [0, 0.1) is 0 Å². The molecule has 0 unspecified atom stereocenters. The van der Waals surface area contributed by atoms with Crippen molar-refractivity contribution >= 4 is 5.97 Å². The highest BCUT2D eigenvalue weighted by molar-refractivity contribution is 5.75.